The van der Waals surface area contributed by atoms with E-state index in [9.17, 15) is 0 Å². The minimum atomic E-state index is 0.874. The van der Waals surface area contributed by atoms with Gasteiger partial charge in [0, 0.05) is 25.5 Å². The summed E-state index contributed by atoms with van der Waals surface area (Å²) in [4.78, 5) is 8.47. The molecule has 0 heterocycles. The summed E-state index contributed by atoms with van der Waals surface area (Å²) >= 11 is 0. The van der Waals surface area contributed by atoms with E-state index in [2.05, 4.69) is 45.2 Å². The van der Waals surface area contributed by atoms with E-state index in [0.29, 0.717) is 0 Å². The fourth-order valence-corrected chi connectivity index (χ4v) is 2.41. The molecule has 0 aromatic carbocycles. The van der Waals surface area contributed by atoms with Gasteiger partial charge in [0.15, 0.2) is 0 Å². The highest BCUT2D eigenvalue weighted by Crippen LogP contribution is 2.04. The van der Waals surface area contributed by atoms with E-state index >= 15 is 0 Å². The van der Waals surface area contributed by atoms with Gasteiger partial charge in [-0.05, 0) is 64.0 Å². The second-order valence-corrected chi connectivity index (χ2v) is 6.18. The molecule has 0 saturated carbocycles. The summed E-state index contributed by atoms with van der Waals surface area (Å²) in [5, 5.41) is 6.97. The van der Waals surface area contributed by atoms with Crippen molar-refractivity contribution in [1.82, 2.24) is 10.6 Å². The largest absolute Gasteiger partial charge is 0.317 e. The molecule has 0 unspecified atom stereocenters. The van der Waals surface area contributed by atoms with Crippen LogP contribution in [0.25, 0.3) is 0 Å². The number of rotatable bonds is 19. The number of unbranched alkanes of at least 4 members (excludes halogenated alkanes) is 5. The smallest absolute Gasteiger partial charge is 0.0401 e. The van der Waals surface area contributed by atoms with E-state index in [-0.39, 0.29) is 0 Å². The summed E-state index contributed by atoms with van der Waals surface area (Å²) in [5.41, 5.74) is 5.36. The fourth-order valence-electron chi connectivity index (χ4n) is 2.41. The van der Waals surface area contributed by atoms with E-state index in [0.717, 1.165) is 52.1 Å². The molecule has 0 saturated heterocycles. The molecule has 0 radical (unpaired) electrons. The van der Waals surface area contributed by atoms with Crippen LogP contribution in [-0.2, 0) is 0 Å². The topological polar surface area (TPSA) is 48.8 Å². The van der Waals surface area contributed by atoms with Gasteiger partial charge in [-0.25, -0.2) is 0 Å². The highest BCUT2D eigenvalue weighted by molar-refractivity contribution is 5.70. The summed E-state index contributed by atoms with van der Waals surface area (Å²) in [6.07, 6.45) is 17.1. The first-order valence-corrected chi connectivity index (χ1v) is 10.0. The molecule has 0 aliphatic carbocycles. The average molecular weight is 359 g/mol. The molecule has 146 valence electrons. The first kappa shape index (κ1) is 24.3. The quantitative estimate of drug-likeness (QED) is 0.207. The molecule has 4 nitrogen and oxygen atoms in total. The van der Waals surface area contributed by atoms with Gasteiger partial charge in [-0.3, -0.25) is 9.98 Å². The Labute approximate surface area is 161 Å². The maximum atomic E-state index is 4.24. The lowest BCUT2D eigenvalue weighted by Gasteiger charge is -2.05. The van der Waals surface area contributed by atoms with Crippen molar-refractivity contribution < 1.29 is 0 Å². The molecule has 0 aliphatic rings. The molecule has 0 atom stereocenters. The van der Waals surface area contributed by atoms with Gasteiger partial charge in [0.05, 0.1) is 0 Å². The van der Waals surface area contributed by atoms with E-state index < -0.39 is 0 Å². The summed E-state index contributed by atoms with van der Waals surface area (Å²) in [5.74, 6) is 0. The Morgan fingerprint density at radius 2 is 0.962 bits per heavy atom. The Bertz CT molecular complexity index is 399. The normalized spacial score (nSPS) is 10.9. The van der Waals surface area contributed by atoms with Crippen molar-refractivity contribution in [2.24, 2.45) is 9.98 Å². The van der Waals surface area contributed by atoms with Crippen LogP contribution in [0.5, 0.6) is 0 Å². The Kier molecular flexibility index (Phi) is 21.8. The van der Waals surface area contributed by atoms with Crippen molar-refractivity contribution in [1.29, 1.82) is 0 Å². The van der Waals surface area contributed by atoms with E-state index in [1.165, 1.54) is 38.5 Å². The third-order valence-corrected chi connectivity index (χ3v) is 3.83. The van der Waals surface area contributed by atoms with Crippen LogP contribution in [0.1, 0.15) is 51.4 Å². The number of hydrogen-bond acceptors (Lipinski definition) is 4. The zero-order valence-electron chi connectivity index (χ0n) is 16.5. The number of nitrogens with one attached hydrogen (secondary N) is 2. The van der Waals surface area contributed by atoms with Crippen molar-refractivity contribution in [2.75, 3.05) is 39.3 Å². The highest BCUT2D eigenvalue weighted by Gasteiger charge is 1.93. The summed E-state index contributed by atoms with van der Waals surface area (Å²) in [7, 11) is 0. The lowest BCUT2D eigenvalue weighted by atomic mass is 10.1. The molecular formula is C22H38N4. The Hall–Kier alpha value is -1.70. The molecule has 0 fully saturated rings. The zero-order chi connectivity index (χ0) is 19.0. The molecule has 0 bridgehead atoms. The Morgan fingerprint density at radius 3 is 1.38 bits per heavy atom. The van der Waals surface area contributed by atoms with Crippen molar-refractivity contribution in [3.05, 3.63) is 36.8 Å². The van der Waals surface area contributed by atoms with Crippen molar-refractivity contribution in [3.8, 4) is 0 Å². The number of hydrogen-bond donors (Lipinski definition) is 2. The van der Waals surface area contributed by atoms with Crippen LogP contribution in [-0.4, -0.2) is 51.7 Å². The van der Waals surface area contributed by atoms with Gasteiger partial charge in [0.1, 0.15) is 0 Å². The summed E-state index contributed by atoms with van der Waals surface area (Å²) in [6.45, 7) is 13.1. The predicted octanol–water partition coefficient (Wildman–Crippen LogP) is 4.11. The van der Waals surface area contributed by atoms with Crippen molar-refractivity contribution in [2.45, 2.75) is 51.4 Å². The van der Waals surface area contributed by atoms with E-state index in [4.69, 9.17) is 0 Å². The maximum absolute atomic E-state index is 4.24. The third-order valence-electron chi connectivity index (χ3n) is 3.83. The third kappa shape index (κ3) is 22.3. The van der Waals surface area contributed by atoms with Gasteiger partial charge in [-0.15, -0.1) is 11.5 Å². The summed E-state index contributed by atoms with van der Waals surface area (Å²) < 4.78 is 0. The van der Waals surface area contributed by atoms with Crippen molar-refractivity contribution >= 4 is 12.4 Å². The predicted molar refractivity (Wildman–Crippen MR) is 117 cm³/mol. The van der Waals surface area contributed by atoms with E-state index in [1.54, 1.807) is 24.6 Å². The van der Waals surface area contributed by atoms with Gasteiger partial charge in [-0.2, -0.15) is 0 Å². The first-order valence-electron chi connectivity index (χ1n) is 10.0. The molecule has 4 heteroatoms. The molecule has 0 rings (SSSR count). The van der Waals surface area contributed by atoms with Gasteiger partial charge >= 0.3 is 0 Å². The second-order valence-electron chi connectivity index (χ2n) is 6.18. The minimum Gasteiger partial charge on any atom is -0.317 e. The molecule has 0 aromatic rings. The minimum absolute atomic E-state index is 0.874. The van der Waals surface area contributed by atoms with Gasteiger partial charge in [-0.1, -0.05) is 38.8 Å². The zero-order valence-corrected chi connectivity index (χ0v) is 16.5. The number of aliphatic imine (C=N–C) groups is 2. The highest BCUT2D eigenvalue weighted by atomic mass is 14.9. The molecule has 0 aliphatic heterocycles. The Morgan fingerprint density at radius 1 is 0.577 bits per heavy atom. The molecule has 0 amide bonds. The fraction of sp³-hybridized carbons (Fsp3) is 0.636. The van der Waals surface area contributed by atoms with Gasteiger partial charge < -0.3 is 10.6 Å². The van der Waals surface area contributed by atoms with Crippen LogP contribution in [0.4, 0.5) is 0 Å². The van der Waals surface area contributed by atoms with Gasteiger partial charge in [0.25, 0.3) is 0 Å². The van der Waals surface area contributed by atoms with Crippen LogP contribution >= 0.6 is 0 Å². The Balaban J connectivity index is 3.09. The molecule has 0 aromatic heterocycles. The van der Waals surface area contributed by atoms with Crippen LogP contribution in [0, 0.1) is 0 Å². The molecule has 2 N–H and O–H groups in total. The van der Waals surface area contributed by atoms with Crippen LogP contribution in [0.3, 0.4) is 0 Å². The van der Waals surface area contributed by atoms with Gasteiger partial charge in [0.2, 0.25) is 0 Å². The van der Waals surface area contributed by atoms with E-state index in [1.807, 2.05) is 0 Å². The lowest BCUT2D eigenvalue weighted by Crippen LogP contribution is -2.17. The molecular weight excluding hydrogens is 320 g/mol. The number of nitrogens with zero attached hydrogens (tertiary/aromatic N) is 2. The first-order chi connectivity index (χ1) is 12.9. The second kappa shape index (κ2) is 23.3. The average Bonchev–Trinajstić information content (AvgIpc) is 2.66. The summed E-state index contributed by atoms with van der Waals surface area (Å²) in [6, 6.07) is 0. The van der Waals surface area contributed by atoms with Crippen molar-refractivity contribution in [3.63, 3.8) is 0 Å². The van der Waals surface area contributed by atoms with Crippen LogP contribution < -0.4 is 10.6 Å². The van der Waals surface area contributed by atoms with Crippen LogP contribution in [0.2, 0.25) is 0 Å². The monoisotopic (exact) mass is 358 g/mol. The number of allylic oxidation sites excluding steroid dienone is 2. The molecule has 0 spiro atoms. The van der Waals surface area contributed by atoms with Crippen LogP contribution in [0.15, 0.2) is 46.8 Å². The SMILES string of the molecule is C=C=CC=NCCCNCCCCCCCCNCCCN=CC=C=C. The lowest BCUT2D eigenvalue weighted by molar-refractivity contribution is 0.545. The standard InChI is InChI=1S/C22H38N4/c1-3-5-15-23-19-13-21-25-17-11-9-7-8-10-12-18-26-22-14-20-24-16-6-4-2/h5-6,15-16,25-26H,1-2,7-14,17-22H2. The maximum Gasteiger partial charge on any atom is 0.0401 e. The molecule has 26 heavy (non-hydrogen) atoms.